The molecule has 5 nitrogen and oxygen atoms in total. The number of nitrogens with zero attached hydrogens (tertiary/aromatic N) is 2. The molecule has 0 bridgehead atoms. The number of hydrogen-bond acceptors (Lipinski definition) is 3. The lowest BCUT2D eigenvalue weighted by molar-refractivity contribution is -0.125. The predicted octanol–water partition coefficient (Wildman–Crippen LogP) is 0.695. The van der Waals surface area contributed by atoms with E-state index in [2.05, 4.69) is 0 Å². The van der Waals surface area contributed by atoms with E-state index in [1.54, 1.807) is 4.90 Å². The van der Waals surface area contributed by atoms with Crippen molar-refractivity contribution in [3.05, 3.63) is 0 Å². The summed E-state index contributed by atoms with van der Waals surface area (Å²) in [5, 5.41) is 0. The van der Waals surface area contributed by atoms with Crippen molar-refractivity contribution in [1.82, 2.24) is 9.80 Å². The summed E-state index contributed by atoms with van der Waals surface area (Å²) >= 11 is 0. The fourth-order valence-electron chi connectivity index (χ4n) is 2.13. The number of carbonyl (C=O) groups excluding carboxylic acids is 2. The largest absolute Gasteiger partial charge is 0.381 e. The summed E-state index contributed by atoms with van der Waals surface area (Å²) in [6.07, 6.45) is 0.943. The van der Waals surface area contributed by atoms with Crippen LogP contribution < -0.4 is 0 Å². The maximum absolute atomic E-state index is 11.9. The van der Waals surface area contributed by atoms with Gasteiger partial charge >= 0.3 is 6.03 Å². The normalized spacial score (nSPS) is 26.3. The average Bonchev–Trinajstić information content (AvgIpc) is 2.81. The Morgan fingerprint density at radius 1 is 1.44 bits per heavy atom. The van der Waals surface area contributed by atoms with E-state index in [9.17, 15) is 9.59 Å². The zero-order valence-corrected chi connectivity index (χ0v) is 9.81. The molecule has 0 saturated carbocycles. The first-order valence-corrected chi connectivity index (χ1v) is 5.78. The summed E-state index contributed by atoms with van der Waals surface area (Å²) in [4.78, 5) is 26.6. The molecule has 2 fully saturated rings. The highest BCUT2D eigenvalue weighted by molar-refractivity contribution is 6.02. The molecule has 0 radical (unpaired) electrons. The standard InChI is InChI=1S/C11H18N2O3/c1-8(2)12-6-10(14)13(11(12)15)5-9-3-4-16-7-9/h8-9H,3-7H2,1-2H3. The average molecular weight is 226 g/mol. The van der Waals surface area contributed by atoms with E-state index in [-0.39, 0.29) is 24.5 Å². The first-order valence-electron chi connectivity index (χ1n) is 5.78. The predicted molar refractivity (Wildman–Crippen MR) is 57.9 cm³/mol. The van der Waals surface area contributed by atoms with Gasteiger partial charge in [-0.25, -0.2) is 4.79 Å². The van der Waals surface area contributed by atoms with Gasteiger partial charge in [0.1, 0.15) is 6.54 Å². The molecule has 90 valence electrons. The van der Waals surface area contributed by atoms with Gasteiger partial charge in [-0.1, -0.05) is 0 Å². The van der Waals surface area contributed by atoms with Crippen LogP contribution in [0.4, 0.5) is 4.79 Å². The van der Waals surface area contributed by atoms with Crippen LogP contribution in [0.1, 0.15) is 20.3 Å². The van der Waals surface area contributed by atoms with E-state index < -0.39 is 0 Å². The molecular weight excluding hydrogens is 208 g/mol. The fourth-order valence-corrected chi connectivity index (χ4v) is 2.13. The van der Waals surface area contributed by atoms with Crippen molar-refractivity contribution < 1.29 is 14.3 Å². The minimum absolute atomic E-state index is 0.0781. The molecule has 2 saturated heterocycles. The Balaban J connectivity index is 1.98. The van der Waals surface area contributed by atoms with Crippen LogP contribution in [0.15, 0.2) is 0 Å². The second-order valence-electron chi connectivity index (χ2n) is 4.74. The smallest absolute Gasteiger partial charge is 0.327 e. The third-order valence-corrected chi connectivity index (χ3v) is 3.17. The van der Waals surface area contributed by atoms with Gasteiger partial charge in [-0.15, -0.1) is 0 Å². The molecule has 0 spiro atoms. The van der Waals surface area contributed by atoms with Crippen molar-refractivity contribution in [3.63, 3.8) is 0 Å². The summed E-state index contributed by atoms with van der Waals surface area (Å²) in [5.41, 5.74) is 0. The van der Waals surface area contributed by atoms with E-state index in [0.29, 0.717) is 19.1 Å². The van der Waals surface area contributed by atoms with Gasteiger partial charge in [-0.2, -0.15) is 0 Å². The summed E-state index contributed by atoms with van der Waals surface area (Å²) in [6.45, 7) is 6.00. The molecular formula is C11H18N2O3. The highest BCUT2D eigenvalue weighted by Gasteiger charge is 2.38. The first-order chi connectivity index (χ1) is 7.59. The Morgan fingerprint density at radius 3 is 2.69 bits per heavy atom. The summed E-state index contributed by atoms with van der Waals surface area (Å²) in [6, 6.07) is -0.0619. The van der Waals surface area contributed by atoms with E-state index in [1.165, 1.54) is 4.90 Å². The van der Waals surface area contributed by atoms with Gasteiger partial charge in [0.25, 0.3) is 0 Å². The lowest BCUT2D eigenvalue weighted by atomic mass is 10.1. The maximum atomic E-state index is 11.9. The van der Waals surface area contributed by atoms with Crippen LogP contribution in [0.25, 0.3) is 0 Å². The summed E-state index contributed by atoms with van der Waals surface area (Å²) < 4.78 is 5.25. The molecule has 0 N–H and O–H groups in total. The maximum Gasteiger partial charge on any atom is 0.327 e. The van der Waals surface area contributed by atoms with E-state index in [1.807, 2.05) is 13.8 Å². The van der Waals surface area contributed by atoms with Gasteiger partial charge < -0.3 is 9.64 Å². The molecule has 0 aromatic rings. The molecule has 0 aliphatic carbocycles. The Bertz CT molecular complexity index is 298. The van der Waals surface area contributed by atoms with Gasteiger partial charge in [0.05, 0.1) is 6.61 Å². The van der Waals surface area contributed by atoms with Gasteiger partial charge in [-0.3, -0.25) is 9.69 Å². The van der Waals surface area contributed by atoms with Gasteiger partial charge in [-0.05, 0) is 20.3 Å². The van der Waals surface area contributed by atoms with Gasteiger partial charge in [0.15, 0.2) is 0 Å². The van der Waals surface area contributed by atoms with E-state index in [0.717, 1.165) is 13.0 Å². The van der Waals surface area contributed by atoms with Crippen molar-refractivity contribution in [2.45, 2.75) is 26.3 Å². The molecule has 2 heterocycles. The Morgan fingerprint density at radius 2 is 2.19 bits per heavy atom. The second kappa shape index (κ2) is 4.41. The number of carbonyl (C=O) groups is 2. The van der Waals surface area contributed by atoms with Crippen LogP contribution in [-0.4, -0.2) is 54.1 Å². The van der Waals surface area contributed by atoms with Crippen molar-refractivity contribution in [2.24, 2.45) is 5.92 Å². The number of imide groups is 1. The Hall–Kier alpha value is -1.10. The molecule has 2 rings (SSSR count). The minimum atomic E-state index is -0.146. The highest BCUT2D eigenvalue weighted by Crippen LogP contribution is 2.19. The molecule has 16 heavy (non-hydrogen) atoms. The van der Waals surface area contributed by atoms with Gasteiger partial charge in [0.2, 0.25) is 5.91 Å². The second-order valence-corrected chi connectivity index (χ2v) is 4.74. The Kier molecular flexibility index (Phi) is 3.14. The molecule has 3 amide bonds. The van der Waals surface area contributed by atoms with Crippen molar-refractivity contribution in [1.29, 1.82) is 0 Å². The quantitative estimate of drug-likeness (QED) is 0.665. The molecule has 2 aliphatic heterocycles. The zero-order chi connectivity index (χ0) is 11.7. The number of amides is 3. The van der Waals surface area contributed by atoms with Crippen molar-refractivity contribution >= 4 is 11.9 Å². The highest BCUT2D eigenvalue weighted by atomic mass is 16.5. The lowest BCUT2D eigenvalue weighted by Crippen LogP contribution is -2.39. The summed E-state index contributed by atoms with van der Waals surface area (Å²) in [5.74, 6) is 0.241. The van der Waals surface area contributed by atoms with Crippen LogP contribution in [0, 0.1) is 5.92 Å². The first kappa shape index (κ1) is 11.4. The lowest BCUT2D eigenvalue weighted by Gasteiger charge is -2.21. The molecule has 1 atom stereocenters. The number of urea groups is 1. The van der Waals surface area contributed by atoms with Gasteiger partial charge in [0, 0.05) is 25.1 Å². The Labute approximate surface area is 95.3 Å². The number of ether oxygens (including phenoxy) is 1. The minimum Gasteiger partial charge on any atom is -0.381 e. The van der Waals surface area contributed by atoms with Crippen molar-refractivity contribution in [2.75, 3.05) is 26.3 Å². The SMILES string of the molecule is CC(C)N1CC(=O)N(CC2CCOC2)C1=O. The van der Waals surface area contributed by atoms with Crippen LogP contribution in [0.5, 0.6) is 0 Å². The van der Waals surface area contributed by atoms with Crippen LogP contribution in [0.2, 0.25) is 0 Å². The van der Waals surface area contributed by atoms with E-state index in [4.69, 9.17) is 4.74 Å². The van der Waals surface area contributed by atoms with Crippen LogP contribution >= 0.6 is 0 Å². The molecule has 0 aromatic carbocycles. The molecule has 0 aromatic heterocycles. The van der Waals surface area contributed by atoms with Crippen molar-refractivity contribution in [3.8, 4) is 0 Å². The van der Waals surface area contributed by atoms with Crippen LogP contribution in [0.3, 0.4) is 0 Å². The third-order valence-electron chi connectivity index (χ3n) is 3.17. The molecule has 2 aliphatic rings. The third kappa shape index (κ3) is 2.04. The van der Waals surface area contributed by atoms with Crippen LogP contribution in [-0.2, 0) is 9.53 Å². The van der Waals surface area contributed by atoms with E-state index >= 15 is 0 Å². The number of hydrogen-bond donors (Lipinski definition) is 0. The number of rotatable bonds is 3. The topological polar surface area (TPSA) is 49.9 Å². The molecule has 5 heteroatoms. The molecule has 1 unspecified atom stereocenters. The fraction of sp³-hybridized carbons (Fsp3) is 0.818. The zero-order valence-electron chi connectivity index (χ0n) is 9.81. The summed E-state index contributed by atoms with van der Waals surface area (Å²) in [7, 11) is 0. The monoisotopic (exact) mass is 226 g/mol.